The lowest BCUT2D eigenvalue weighted by Crippen LogP contribution is -2.25. The van der Waals surface area contributed by atoms with Gasteiger partial charge in [0.2, 0.25) is 5.91 Å². The minimum Gasteiger partial charge on any atom is -0.325 e. The van der Waals surface area contributed by atoms with Gasteiger partial charge in [-0.05, 0) is 37.6 Å². The van der Waals surface area contributed by atoms with Gasteiger partial charge in [-0.2, -0.15) is 0 Å². The molecule has 4 aromatic rings. The molecule has 0 aliphatic carbocycles. The number of amides is 1. The van der Waals surface area contributed by atoms with E-state index in [0.29, 0.717) is 15.4 Å². The van der Waals surface area contributed by atoms with Gasteiger partial charge < -0.3 is 5.32 Å². The quantitative estimate of drug-likeness (QED) is 0.350. The van der Waals surface area contributed by atoms with Gasteiger partial charge in [-0.1, -0.05) is 59.8 Å². The second-order valence-electron chi connectivity index (χ2n) is 7.07. The predicted octanol–water partition coefficient (Wildman–Crippen LogP) is 5.09. The standard InChI is InChI=1S/C23H21N3O2S2/c1-14-9-11-17(12-10-14)24-20(27)15(2)29-23-25-21-18(22(28)26(23)3)13-19(30-21)16-7-5-4-6-8-16/h4-13,15H,1-3H3,(H,24,27). The molecule has 0 aliphatic rings. The third kappa shape index (κ3) is 4.17. The summed E-state index contributed by atoms with van der Waals surface area (Å²) < 4.78 is 1.52. The van der Waals surface area contributed by atoms with E-state index in [1.54, 1.807) is 7.05 Å². The van der Waals surface area contributed by atoms with Crippen LogP contribution in [0.15, 0.2) is 70.6 Å². The van der Waals surface area contributed by atoms with Crippen LogP contribution in [0, 0.1) is 6.92 Å². The first kappa shape index (κ1) is 20.4. The summed E-state index contributed by atoms with van der Waals surface area (Å²) in [4.78, 5) is 31.9. The Bertz CT molecular complexity index is 1260. The zero-order chi connectivity index (χ0) is 21.3. The average molecular weight is 436 g/mol. The van der Waals surface area contributed by atoms with Gasteiger partial charge in [0.05, 0.1) is 10.6 Å². The van der Waals surface area contributed by atoms with Crippen molar-refractivity contribution in [3.05, 3.63) is 76.6 Å². The van der Waals surface area contributed by atoms with Crippen LogP contribution in [0.4, 0.5) is 5.69 Å². The van der Waals surface area contributed by atoms with Crippen LogP contribution < -0.4 is 10.9 Å². The summed E-state index contributed by atoms with van der Waals surface area (Å²) >= 11 is 2.77. The summed E-state index contributed by atoms with van der Waals surface area (Å²) in [6.45, 7) is 3.81. The highest BCUT2D eigenvalue weighted by Crippen LogP contribution is 2.32. The maximum atomic E-state index is 12.9. The number of carbonyl (C=O) groups excluding carboxylic acids is 1. The largest absolute Gasteiger partial charge is 0.325 e. The number of thiophene rings is 1. The Morgan fingerprint density at radius 1 is 1.13 bits per heavy atom. The molecule has 1 atom stereocenters. The van der Waals surface area contributed by atoms with Crippen molar-refractivity contribution in [2.24, 2.45) is 7.05 Å². The second kappa shape index (κ2) is 8.45. The monoisotopic (exact) mass is 435 g/mol. The van der Waals surface area contributed by atoms with E-state index in [4.69, 9.17) is 0 Å². The van der Waals surface area contributed by atoms with E-state index < -0.39 is 5.25 Å². The molecule has 5 nitrogen and oxygen atoms in total. The number of aromatic nitrogens is 2. The number of hydrogen-bond donors (Lipinski definition) is 1. The smallest absolute Gasteiger partial charge is 0.262 e. The number of fused-ring (bicyclic) bond motifs is 1. The molecule has 0 saturated heterocycles. The van der Waals surface area contributed by atoms with Crippen molar-refractivity contribution in [1.82, 2.24) is 9.55 Å². The summed E-state index contributed by atoms with van der Waals surface area (Å²) in [6.07, 6.45) is 0. The van der Waals surface area contributed by atoms with Gasteiger partial charge in [0.15, 0.2) is 5.16 Å². The van der Waals surface area contributed by atoms with Crippen molar-refractivity contribution in [3.63, 3.8) is 0 Å². The normalized spacial score (nSPS) is 12.1. The number of carbonyl (C=O) groups is 1. The molecule has 7 heteroatoms. The molecule has 1 N–H and O–H groups in total. The van der Waals surface area contributed by atoms with Crippen LogP contribution in [0.2, 0.25) is 0 Å². The highest BCUT2D eigenvalue weighted by Gasteiger charge is 2.19. The minimum atomic E-state index is -0.407. The van der Waals surface area contributed by atoms with Gasteiger partial charge in [-0.15, -0.1) is 11.3 Å². The first-order valence-corrected chi connectivity index (χ1v) is 11.2. The Kier molecular flexibility index (Phi) is 5.74. The topological polar surface area (TPSA) is 64.0 Å². The summed E-state index contributed by atoms with van der Waals surface area (Å²) in [5.74, 6) is -0.130. The number of anilines is 1. The van der Waals surface area contributed by atoms with E-state index in [9.17, 15) is 9.59 Å². The molecule has 0 spiro atoms. The number of benzene rings is 2. The molecule has 2 heterocycles. The summed E-state index contributed by atoms with van der Waals surface area (Å²) in [5.41, 5.74) is 2.84. The van der Waals surface area contributed by atoms with Crippen LogP contribution in [0.25, 0.3) is 20.7 Å². The molecule has 2 aromatic heterocycles. The summed E-state index contributed by atoms with van der Waals surface area (Å²) in [5, 5.41) is 3.63. The van der Waals surface area contributed by atoms with Crippen molar-refractivity contribution in [1.29, 1.82) is 0 Å². The molecule has 0 bridgehead atoms. The van der Waals surface area contributed by atoms with Crippen LogP contribution in [0.5, 0.6) is 0 Å². The average Bonchev–Trinajstić information content (AvgIpc) is 3.18. The molecule has 0 aliphatic heterocycles. The molecule has 1 amide bonds. The van der Waals surface area contributed by atoms with Gasteiger partial charge in [0.25, 0.3) is 5.56 Å². The molecule has 2 aromatic carbocycles. The Labute approximate surface area is 182 Å². The Morgan fingerprint density at radius 2 is 1.83 bits per heavy atom. The number of thioether (sulfide) groups is 1. The van der Waals surface area contributed by atoms with Gasteiger partial charge >= 0.3 is 0 Å². The van der Waals surface area contributed by atoms with Gasteiger partial charge in [0.1, 0.15) is 4.83 Å². The molecule has 30 heavy (non-hydrogen) atoms. The number of hydrogen-bond acceptors (Lipinski definition) is 5. The third-order valence-corrected chi connectivity index (χ3v) is 6.98. The lowest BCUT2D eigenvalue weighted by atomic mass is 10.2. The van der Waals surface area contributed by atoms with Crippen LogP contribution in [0.3, 0.4) is 0 Å². The van der Waals surface area contributed by atoms with Crippen molar-refractivity contribution in [2.45, 2.75) is 24.3 Å². The molecular weight excluding hydrogens is 414 g/mol. The first-order valence-electron chi connectivity index (χ1n) is 9.52. The van der Waals surface area contributed by atoms with Crippen LogP contribution >= 0.6 is 23.1 Å². The molecule has 4 rings (SSSR count). The fourth-order valence-electron chi connectivity index (χ4n) is 2.99. The highest BCUT2D eigenvalue weighted by molar-refractivity contribution is 8.00. The minimum absolute atomic E-state index is 0.105. The lowest BCUT2D eigenvalue weighted by molar-refractivity contribution is -0.115. The van der Waals surface area contributed by atoms with E-state index in [1.165, 1.54) is 27.7 Å². The van der Waals surface area contributed by atoms with E-state index in [0.717, 1.165) is 21.7 Å². The van der Waals surface area contributed by atoms with Crippen molar-refractivity contribution in [2.75, 3.05) is 5.32 Å². The van der Waals surface area contributed by atoms with Crippen molar-refractivity contribution >= 4 is 44.9 Å². The SMILES string of the molecule is Cc1ccc(NC(=O)C(C)Sc2nc3sc(-c4ccccc4)cc3c(=O)n2C)cc1. The maximum absolute atomic E-state index is 12.9. The Balaban J connectivity index is 1.59. The van der Waals surface area contributed by atoms with E-state index in [-0.39, 0.29) is 11.5 Å². The third-order valence-electron chi connectivity index (χ3n) is 4.76. The summed E-state index contributed by atoms with van der Waals surface area (Å²) in [7, 11) is 1.70. The molecule has 1 unspecified atom stereocenters. The van der Waals surface area contributed by atoms with E-state index in [1.807, 2.05) is 74.5 Å². The van der Waals surface area contributed by atoms with E-state index >= 15 is 0 Å². The molecule has 0 saturated carbocycles. The zero-order valence-corrected chi connectivity index (χ0v) is 18.5. The number of aryl methyl sites for hydroxylation is 1. The Morgan fingerprint density at radius 3 is 2.53 bits per heavy atom. The van der Waals surface area contributed by atoms with Crippen molar-refractivity contribution in [3.8, 4) is 10.4 Å². The fraction of sp³-hybridized carbons (Fsp3) is 0.174. The zero-order valence-electron chi connectivity index (χ0n) is 16.9. The number of nitrogens with one attached hydrogen (secondary N) is 1. The van der Waals surface area contributed by atoms with Crippen LogP contribution in [-0.2, 0) is 11.8 Å². The fourth-order valence-corrected chi connectivity index (χ4v) is 4.94. The highest BCUT2D eigenvalue weighted by atomic mass is 32.2. The van der Waals surface area contributed by atoms with Crippen LogP contribution in [0.1, 0.15) is 12.5 Å². The molecule has 0 radical (unpaired) electrons. The van der Waals surface area contributed by atoms with Crippen molar-refractivity contribution < 1.29 is 4.79 Å². The Hall–Kier alpha value is -2.90. The molecular formula is C23H21N3O2S2. The molecule has 152 valence electrons. The predicted molar refractivity (Wildman–Crippen MR) is 125 cm³/mol. The maximum Gasteiger partial charge on any atom is 0.262 e. The first-order chi connectivity index (χ1) is 14.4. The number of rotatable bonds is 5. The van der Waals surface area contributed by atoms with E-state index in [2.05, 4.69) is 10.3 Å². The van der Waals surface area contributed by atoms with Gasteiger partial charge in [-0.3, -0.25) is 14.2 Å². The second-order valence-corrected chi connectivity index (χ2v) is 9.41. The van der Waals surface area contributed by atoms with Gasteiger partial charge in [-0.25, -0.2) is 4.98 Å². The van der Waals surface area contributed by atoms with Gasteiger partial charge in [0, 0.05) is 17.6 Å². The summed E-state index contributed by atoms with van der Waals surface area (Å²) in [6, 6.07) is 19.5. The number of nitrogens with zero attached hydrogens (tertiary/aromatic N) is 2. The lowest BCUT2D eigenvalue weighted by Gasteiger charge is -2.13. The molecule has 0 fully saturated rings. The van der Waals surface area contributed by atoms with Crippen LogP contribution in [-0.4, -0.2) is 20.7 Å².